The molecule has 2 heterocycles. The first-order valence-corrected chi connectivity index (χ1v) is 11.1. The lowest BCUT2D eigenvalue weighted by Gasteiger charge is -2.26. The highest BCUT2D eigenvalue weighted by atomic mass is 32.1. The molecule has 0 atom stereocenters. The van der Waals surface area contributed by atoms with Gasteiger partial charge in [-0.15, -0.1) is 11.3 Å². The van der Waals surface area contributed by atoms with Crippen LogP contribution in [0.15, 0.2) is 10.4 Å². The number of nitrogens with zero attached hydrogens (tertiary/aromatic N) is 3. The van der Waals surface area contributed by atoms with Gasteiger partial charge in [-0.1, -0.05) is 12.8 Å². The molecule has 1 aliphatic rings. The number of piperidine rings is 1. The van der Waals surface area contributed by atoms with Crippen LogP contribution in [0.2, 0.25) is 0 Å². The van der Waals surface area contributed by atoms with Crippen molar-refractivity contribution in [3.05, 3.63) is 16.1 Å². The Morgan fingerprint density at radius 1 is 1.18 bits per heavy atom. The van der Waals surface area contributed by atoms with E-state index >= 15 is 0 Å². The van der Waals surface area contributed by atoms with Gasteiger partial charge in [-0.2, -0.15) is 13.2 Å². The molecule has 1 fully saturated rings. The number of hydrogen-bond donors (Lipinski definition) is 2. The Kier molecular flexibility index (Phi) is 10.0. The van der Waals surface area contributed by atoms with Crippen LogP contribution in [0.1, 0.15) is 56.2 Å². The van der Waals surface area contributed by atoms with E-state index in [1.807, 2.05) is 6.92 Å². The smallest absolute Gasteiger partial charge is 0.357 e. The van der Waals surface area contributed by atoms with Crippen molar-refractivity contribution in [3.63, 3.8) is 0 Å². The molecular formula is C19H32F3N5S. The van der Waals surface area contributed by atoms with Crippen molar-refractivity contribution < 1.29 is 13.2 Å². The van der Waals surface area contributed by atoms with Gasteiger partial charge in [0, 0.05) is 31.4 Å². The van der Waals surface area contributed by atoms with Crippen molar-refractivity contribution in [1.82, 2.24) is 20.5 Å². The minimum Gasteiger partial charge on any atom is -0.357 e. The first-order chi connectivity index (χ1) is 13.5. The quantitative estimate of drug-likeness (QED) is 0.343. The molecule has 2 rings (SSSR count). The zero-order valence-corrected chi connectivity index (χ0v) is 17.5. The zero-order chi connectivity index (χ0) is 20.2. The van der Waals surface area contributed by atoms with Gasteiger partial charge in [0.2, 0.25) is 0 Å². The molecule has 160 valence electrons. The summed E-state index contributed by atoms with van der Waals surface area (Å²) in [4.78, 5) is 10.8. The largest absolute Gasteiger partial charge is 0.434 e. The molecule has 1 aliphatic heterocycles. The second kappa shape index (κ2) is 12.3. The number of unbranched alkanes of at least 4 members (excludes halogenated alkanes) is 2. The van der Waals surface area contributed by atoms with Gasteiger partial charge in [0.05, 0.1) is 5.01 Å². The van der Waals surface area contributed by atoms with E-state index in [-0.39, 0.29) is 0 Å². The number of likely N-dealkylation sites (tertiary alicyclic amines) is 1. The van der Waals surface area contributed by atoms with Crippen LogP contribution in [0.25, 0.3) is 0 Å². The van der Waals surface area contributed by atoms with E-state index < -0.39 is 11.9 Å². The molecule has 0 radical (unpaired) electrons. The van der Waals surface area contributed by atoms with E-state index in [2.05, 4.69) is 25.5 Å². The monoisotopic (exact) mass is 419 g/mol. The van der Waals surface area contributed by atoms with Crippen molar-refractivity contribution in [2.45, 2.75) is 58.0 Å². The number of hydrogen-bond acceptors (Lipinski definition) is 4. The van der Waals surface area contributed by atoms with Crippen LogP contribution in [-0.4, -0.2) is 55.1 Å². The number of halogens is 3. The highest BCUT2D eigenvalue weighted by Crippen LogP contribution is 2.29. The lowest BCUT2D eigenvalue weighted by molar-refractivity contribution is -0.140. The van der Waals surface area contributed by atoms with E-state index in [4.69, 9.17) is 0 Å². The lowest BCUT2D eigenvalue weighted by Crippen LogP contribution is -2.38. The number of alkyl halides is 3. The maximum Gasteiger partial charge on any atom is 0.434 e. The molecule has 0 bridgehead atoms. The highest BCUT2D eigenvalue weighted by molar-refractivity contribution is 7.09. The summed E-state index contributed by atoms with van der Waals surface area (Å²) in [6.45, 7) is 7.68. The predicted molar refractivity (Wildman–Crippen MR) is 109 cm³/mol. The fourth-order valence-electron chi connectivity index (χ4n) is 3.18. The summed E-state index contributed by atoms with van der Waals surface area (Å²) in [7, 11) is 0. The van der Waals surface area contributed by atoms with Crippen LogP contribution >= 0.6 is 11.3 Å². The Balaban J connectivity index is 1.62. The Morgan fingerprint density at radius 2 is 1.96 bits per heavy atom. The molecule has 0 saturated carbocycles. The van der Waals surface area contributed by atoms with Crippen LogP contribution in [0.4, 0.5) is 13.2 Å². The lowest BCUT2D eigenvalue weighted by atomic mass is 10.1. The first-order valence-electron chi connectivity index (χ1n) is 10.2. The Morgan fingerprint density at radius 3 is 2.64 bits per heavy atom. The maximum absolute atomic E-state index is 12.6. The summed E-state index contributed by atoms with van der Waals surface area (Å²) in [6.07, 6.45) is 3.54. The van der Waals surface area contributed by atoms with Gasteiger partial charge in [-0.05, 0) is 52.2 Å². The summed E-state index contributed by atoms with van der Waals surface area (Å²) in [6, 6.07) is 0. The van der Waals surface area contributed by atoms with Crippen molar-refractivity contribution in [3.8, 4) is 0 Å². The van der Waals surface area contributed by atoms with Gasteiger partial charge in [-0.3, -0.25) is 4.99 Å². The van der Waals surface area contributed by atoms with Crippen LogP contribution in [0.5, 0.6) is 0 Å². The molecule has 28 heavy (non-hydrogen) atoms. The molecule has 0 amide bonds. The summed E-state index contributed by atoms with van der Waals surface area (Å²) >= 11 is 1.04. The first kappa shape index (κ1) is 22.9. The molecule has 0 aliphatic carbocycles. The van der Waals surface area contributed by atoms with E-state index in [0.717, 1.165) is 36.2 Å². The summed E-state index contributed by atoms with van der Waals surface area (Å²) < 4.78 is 37.7. The summed E-state index contributed by atoms with van der Waals surface area (Å²) in [5.74, 6) is 0.714. The molecule has 5 nitrogen and oxygen atoms in total. The second-order valence-corrected chi connectivity index (χ2v) is 7.97. The second-order valence-electron chi connectivity index (χ2n) is 7.02. The normalized spacial score (nSPS) is 16.4. The third-order valence-electron chi connectivity index (χ3n) is 4.67. The van der Waals surface area contributed by atoms with Crippen molar-refractivity contribution >= 4 is 17.3 Å². The van der Waals surface area contributed by atoms with Gasteiger partial charge in [0.25, 0.3) is 0 Å². The fourth-order valence-corrected chi connectivity index (χ4v) is 3.99. The third-order valence-corrected chi connectivity index (χ3v) is 5.58. The van der Waals surface area contributed by atoms with Gasteiger partial charge >= 0.3 is 6.18 Å². The standard InChI is InChI=1S/C19H32F3N5S/c1-2-23-18(24-10-5-3-6-12-27-13-7-4-8-14-27)25-11-9-17-26-16(15-28-17)19(20,21)22/h15H,2-14H2,1H3,(H2,23,24,25). The number of rotatable bonds is 10. The number of thiazole rings is 1. The average molecular weight is 420 g/mol. The molecule has 1 saturated heterocycles. The number of aromatic nitrogens is 1. The minimum absolute atomic E-state index is 0.445. The van der Waals surface area contributed by atoms with Crippen LogP contribution in [0, 0.1) is 0 Å². The van der Waals surface area contributed by atoms with Crippen LogP contribution in [-0.2, 0) is 12.6 Å². The maximum atomic E-state index is 12.6. The van der Waals surface area contributed by atoms with E-state index in [1.54, 1.807) is 0 Å². The van der Waals surface area contributed by atoms with Crippen LogP contribution < -0.4 is 10.6 Å². The minimum atomic E-state index is -4.37. The van der Waals surface area contributed by atoms with Gasteiger partial charge in [0.1, 0.15) is 0 Å². The van der Waals surface area contributed by atoms with Crippen molar-refractivity contribution in [2.24, 2.45) is 4.99 Å². The Labute approximate surface area is 169 Å². The van der Waals surface area contributed by atoms with Gasteiger partial charge in [0.15, 0.2) is 11.7 Å². The predicted octanol–water partition coefficient (Wildman–Crippen LogP) is 3.92. The SMILES string of the molecule is CCNC(=NCCCCCN1CCCCC1)NCCc1nc(C(F)(F)F)cs1. The van der Waals surface area contributed by atoms with E-state index in [1.165, 1.54) is 51.7 Å². The number of guanidine groups is 1. The molecule has 2 N–H and O–H groups in total. The van der Waals surface area contributed by atoms with E-state index in [9.17, 15) is 13.2 Å². The molecule has 0 aromatic carbocycles. The van der Waals surface area contributed by atoms with Gasteiger partial charge in [-0.25, -0.2) is 4.98 Å². The molecule has 0 spiro atoms. The van der Waals surface area contributed by atoms with Crippen LogP contribution in [0.3, 0.4) is 0 Å². The van der Waals surface area contributed by atoms with E-state index in [0.29, 0.717) is 23.9 Å². The Hall–Kier alpha value is -1.35. The van der Waals surface area contributed by atoms with Gasteiger partial charge < -0.3 is 15.5 Å². The Bertz CT molecular complexity index is 582. The molecule has 9 heteroatoms. The number of aliphatic imine (C=N–C) groups is 1. The van der Waals surface area contributed by atoms with Crippen molar-refractivity contribution in [2.75, 3.05) is 39.3 Å². The zero-order valence-electron chi connectivity index (χ0n) is 16.7. The fraction of sp³-hybridized carbons (Fsp3) is 0.789. The summed E-state index contributed by atoms with van der Waals surface area (Å²) in [5, 5.41) is 7.90. The average Bonchev–Trinajstić information content (AvgIpc) is 3.15. The molecule has 1 aromatic rings. The summed E-state index contributed by atoms with van der Waals surface area (Å²) in [5.41, 5.74) is -0.808. The molecular weight excluding hydrogens is 387 g/mol. The molecule has 1 aromatic heterocycles. The van der Waals surface area contributed by atoms with Crippen molar-refractivity contribution in [1.29, 1.82) is 0 Å². The molecule has 0 unspecified atom stereocenters. The highest BCUT2D eigenvalue weighted by Gasteiger charge is 2.33. The third kappa shape index (κ3) is 8.77. The number of nitrogens with one attached hydrogen (secondary N) is 2. The topological polar surface area (TPSA) is 52.6 Å².